The number of carbonyl (C=O) groups excluding carboxylic acids is 2. The molecule has 1 fully saturated rings. The fraction of sp³-hybridized carbons (Fsp3) is 0.263. The van der Waals surface area contributed by atoms with Crippen LogP contribution in [0.5, 0.6) is 0 Å². The summed E-state index contributed by atoms with van der Waals surface area (Å²) in [5.41, 5.74) is 1.79. The number of hydrogen-bond donors (Lipinski definition) is 1. The second kappa shape index (κ2) is 7.05. The fourth-order valence-corrected chi connectivity index (χ4v) is 3.07. The number of halogens is 1. The molecule has 2 aromatic rings. The highest BCUT2D eigenvalue weighted by Crippen LogP contribution is 2.27. The average Bonchev–Trinajstić information content (AvgIpc) is 2.98. The largest absolute Gasteiger partial charge is 0.349 e. The van der Waals surface area contributed by atoms with Gasteiger partial charge >= 0.3 is 0 Å². The Morgan fingerprint density at radius 3 is 2.50 bits per heavy atom. The molecule has 2 aromatic carbocycles. The molecule has 3 rings (SSSR count). The molecule has 24 heavy (non-hydrogen) atoms. The zero-order valence-corrected chi connectivity index (χ0v) is 14.2. The van der Waals surface area contributed by atoms with Gasteiger partial charge in [0.25, 0.3) is 0 Å². The summed E-state index contributed by atoms with van der Waals surface area (Å²) in [5.74, 6) is -1.00. The third kappa shape index (κ3) is 3.44. The van der Waals surface area contributed by atoms with Crippen LogP contribution in [-0.2, 0) is 9.59 Å². The van der Waals surface area contributed by atoms with Gasteiger partial charge in [-0.25, -0.2) is 0 Å². The van der Waals surface area contributed by atoms with Gasteiger partial charge in [0.1, 0.15) is 5.92 Å². The van der Waals surface area contributed by atoms with Gasteiger partial charge in [-0.15, -0.1) is 0 Å². The van der Waals surface area contributed by atoms with Crippen LogP contribution >= 0.6 is 11.6 Å². The molecule has 1 N–H and O–H groups in total. The smallest absolute Gasteiger partial charge is 0.239 e. The Morgan fingerprint density at radius 1 is 1.17 bits per heavy atom. The number of amides is 2. The summed E-state index contributed by atoms with van der Waals surface area (Å²) in [6.45, 7) is 2.46. The Balaban J connectivity index is 1.66. The third-order valence-corrected chi connectivity index (χ3v) is 4.57. The second-order valence-electron chi connectivity index (χ2n) is 5.95. The van der Waals surface area contributed by atoms with E-state index in [4.69, 9.17) is 11.6 Å². The third-order valence-electron chi connectivity index (χ3n) is 4.32. The van der Waals surface area contributed by atoms with Gasteiger partial charge in [-0.2, -0.15) is 0 Å². The van der Waals surface area contributed by atoms with Crippen molar-refractivity contribution in [3.05, 3.63) is 65.2 Å². The van der Waals surface area contributed by atoms with Crippen LogP contribution in [0.3, 0.4) is 0 Å². The number of hydrogen-bond acceptors (Lipinski definition) is 2. The van der Waals surface area contributed by atoms with Gasteiger partial charge in [0.15, 0.2) is 0 Å². The van der Waals surface area contributed by atoms with Crippen LogP contribution in [0.2, 0.25) is 5.02 Å². The summed E-state index contributed by atoms with van der Waals surface area (Å²) >= 11 is 5.88. The van der Waals surface area contributed by atoms with E-state index in [1.165, 1.54) is 0 Å². The van der Waals surface area contributed by atoms with Gasteiger partial charge in [-0.1, -0.05) is 41.9 Å². The van der Waals surface area contributed by atoms with Crippen LogP contribution in [0, 0.1) is 5.92 Å². The SMILES string of the molecule is C[C@H](NC(=O)[C@H]1CCN(c2ccc(Cl)cc2)C1=O)c1ccccc1. The summed E-state index contributed by atoms with van der Waals surface area (Å²) < 4.78 is 0. The van der Waals surface area contributed by atoms with Crippen LogP contribution < -0.4 is 10.2 Å². The first-order valence-corrected chi connectivity index (χ1v) is 8.36. The normalized spacial score (nSPS) is 18.5. The van der Waals surface area contributed by atoms with Gasteiger partial charge in [-0.3, -0.25) is 9.59 Å². The summed E-state index contributed by atoms with van der Waals surface area (Å²) in [5, 5.41) is 3.56. The predicted octanol–water partition coefficient (Wildman–Crippen LogP) is 3.57. The van der Waals surface area contributed by atoms with E-state index in [9.17, 15) is 9.59 Å². The minimum Gasteiger partial charge on any atom is -0.349 e. The minimum atomic E-state index is -0.633. The number of nitrogens with one attached hydrogen (secondary N) is 1. The number of benzene rings is 2. The molecule has 5 heteroatoms. The Bertz CT molecular complexity index is 731. The molecule has 1 aliphatic rings. The van der Waals surface area contributed by atoms with Crippen molar-refractivity contribution in [1.82, 2.24) is 5.32 Å². The van der Waals surface area contributed by atoms with E-state index in [-0.39, 0.29) is 17.9 Å². The summed E-state index contributed by atoms with van der Waals surface area (Å²) in [7, 11) is 0. The molecule has 0 aromatic heterocycles. The Labute approximate surface area is 146 Å². The van der Waals surface area contributed by atoms with Crippen molar-refractivity contribution in [2.24, 2.45) is 5.92 Å². The summed E-state index contributed by atoms with van der Waals surface area (Å²) in [4.78, 5) is 26.7. The van der Waals surface area contributed by atoms with Gasteiger partial charge in [0.2, 0.25) is 11.8 Å². The van der Waals surface area contributed by atoms with Crippen molar-refractivity contribution in [2.45, 2.75) is 19.4 Å². The van der Waals surface area contributed by atoms with Crippen molar-refractivity contribution in [3.63, 3.8) is 0 Å². The molecule has 0 spiro atoms. The van der Waals surface area contributed by atoms with Gasteiger partial charge < -0.3 is 10.2 Å². The zero-order valence-electron chi connectivity index (χ0n) is 13.4. The van der Waals surface area contributed by atoms with E-state index in [2.05, 4.69) is 5.32 Å². The maximum atomic E-state index is 12.6. The molecular weight excluding hydrogens is 324 g/mol. The molecule has 2 atom stereocenters. The number of rotatable bonds is 4. The van der Waals surface area contributed by atoms with E-state index in [0.29, 0.717) is 18.0 Å². The standard InChI is InChI=1S/C19H19ClN2O2/c1-13(14-5-3-2-4-6-14)21-18(23)17-11-12-22(19(17)24)16-9-7-15(20)8-10-16/h2-10,13,17H,11-12H2,1H3,(H,21,23)/t13-,17+/m0/s1. The number of carbonyl (C=O) groups is 2. The molecule has 1 heterocycles. The van der Waals surface area contributed by atoms with Gasteiger partial charge in [0, 0.05) is 17.3 Å². The lowest BCUT2D eigenvalue weighted by Crippen LogP contribution is -2.38. The molecule has 124 valence electrons. The van der Waals surface area contributed by atoms with Crippen molar-refractivity contribution in [2.75, 3.05) is 11.4 Å². The molecule has 0 bridgehead atoms. The summed E-state index contributed by atoms with van der Waals surface area (Å²) in [6, 6.07) is 16.7. The lowest BCUT2D eigenvalue weighted by Gasteiger charge is -2.19. The number of nitrogens with zero attached hydrogens (tertiary/aromatic N) is 1. The van der Waals surface area contributed by atoms with E-state index in [1.807, 2.05) is 37.3 Å². The molecule has 1 saturated heterocycles. The van der Waals surface area contributed by atoms with Crippen molar-refractivity contribution in [3.8, 4) is 0 Å². The van der Waals surface area contributed by atoms with Gasteiger partial charge in [0.05, 0.1) is 6.04 Å². The van der Waals surface area contributed by atoms with Crippen LogP contribution in [0.25, 0.3) is 0 Å². The quantitative estimate of drug-likeness (QED) is 0.863. The highest BCUT2D eigenvalue weighted by Gasteiger charge is 2.37. The monoisotopic (exact) mass is 342 g/mol. The maximum Gasteiger partial charge on any atom is 0.239 e. The van der Waals surface area contributed by atoms with Crippen molar-refractivity contribution in [1.29, 1.82) is 0 Å². The van der Waals surface area contributed by atoms with Crippen molar-refractivity contribution < 1.29 is 9.59 Å². The van der Waals surface area contributed by atoms with E-state index < -0.39 is 5.92 Å². The molecule has 4 nitrogen and oxygen atoms in total. The molecule has 0 unspecified atom stereocenters. The average molecular weight is 343 g/mol. The van der Waals surface area contributed by atoms with E-state index >= 15 is 0 Å². The topological polar surface area (TPSA) is 49.4 Å². The first-order valence-electron chi connectivity index (χ1n) is 7.98. The molecule has 0 radical (unpaired) electrons. The first kappa shape index (κ1) is 16.5. The van der Waals surface area contributed by atoms with Crippen LogP contribution in [0.15, 0.2) is 54.6 Å². The first-order chi connectivity index (χ1) is 11.6. The van der Waals surface area contributed by atoms with Crippen molar-refractivity contribution >= 4 is 29.1 Å². The van der Waals surface area contributed by atoms with Crippen LogP contribution in [0.4, 0.5) is 5.69 Å². The maximum absolute atomic E-state index is 12.6. The lowest BCUT2D eigenvalue weighted by molar-refractivity contribution is -0.132. The zero-order chi connectivity index (χ0) is 17.1. The van der Waals surface area contributed by atoms with Crippen LogP contribution in [0.1, 0.15) is 24.9 Å². The molecular formula is C19H19ClN2O2. The Kier molecular flexibility index (Phi) is 4.86. The fourth-order valence-electron chi connectivity index (χ4n) is 2.94. The minimum absolute atomic E-state index is 0.129. The number of anilines is 1. The molecule has 0 saturated carbocycles. The van der Waals surface area contributed by atoms with Gasteiger partial charge in [-0.05, 0) is 43.2 Å². The second-order valence-corrected chi connectivity index (χ2v) is 6.38. The molecule has 1 aliphatic heterocycles. The highest BCUT2D eigenvalue weighted by atomic mass is 35.5. The van der Waals surface area contributed by atoms with E-state index in [0.717, 1.165) is 11.3 Å². The Morgan fingerprint density at radius 2 is 1.83 bits per heavy atom. The molecule has 2 amide bonds. The Hall–Kier alpha value is -2.33. The summed E-state index contributed by atoms with van der Waals surface area (Å²) in [6.07, 6.45) is 0.523. The highest BCUT2D eigenvalue weighted by molar-refractivity contribution is 6.30. The predicted molar refractivity (Wildman–Crippen MR) is 94.9 cm³/mol. The molecule has 0 aliphatic carbocycles. The lowest BCUT2D eigenvalue weighted by atomic mass is 10.0. The van der Waals surface area contributed by atoms with Crippen LogP contribution in [-0.4, -0.2) is 18.4 Å². The van der Waals surface area contributed by atoms with E-state index in [1.54, 1.807) is 29.2 Å².